The van der Waals surface area contributed by atoms with Gasteiger partial charge in [-0.2, -0.15) is 9.42 Å². The van der Waals surface area contributed by atoms with E-state index in [1.54, 1.807) is 4.31 Å². The SMILES string of the molecule is CC1(C)CC(=O)C2=C(C1)NC1=C(CN=N1)C21CCN(S(=O)(=O)c2cnc3n2CCCC3)CC1. The summed E-state index contributed by atoms with van der Waals surface area (Å²) in [5.74, 6) is 1.80. The van der Waals surface area contributed by atoms with Gasteiger partial charge in [-0.05, 0) is 37.5 Å². The van der Waals surface area contributed by atoms with Crippen LogP contribution in [0.3, 0.4) is 0 Å². The molecule has 1 saturated heterocycles. The maximum Gasteiger partial charge on any atom is 0.260 e. The van der Waals surface area contributed by atoms with E-state index in [1.807, 2.05) is 4.57 Å². The Hall–Kier alpha value is -2.33. The standard InChI is InChI=1S/C23H30N6O3S/c1-22(2)11-16-20(17(30)12-22)23(15-13-25-27-21(15)26-16)6-9-28(10-7-23)33(31,32)19-14-24-18-5-3-4-8-29(18)19/h14,26H,3-13H2,1-2H3. The molecule has 0 radical (unpaired) electrons. The second kappa shape index (κ2) is 7.09. The number of hydrogen-bond acceptors (Lipinski definition) is 7. The van der Waals surface area contributed by atoms with Crippen LogP contribution in [-0.2, 0) is 27.8 Å². The summed E-state index contributed by atoms with van der Waals surface area (Å²) in [7, 11) is -3.64. The van der Waals surface area contributed by atoms with Gasteiger partial charge >= 0.3 is 0 Å². The fourth-order valence-electron chi connectivity index (χ4n) is 6.45. The van der Waals surface area contributed by atoms with Gasteiger partial charge in [-0.15, -0.1) is 5.11 Å². The third-order valence-electron chi connectivity index (χ3n) is 8.00. The number of imidazole rings is 1. The van der Waals surface area contributed by atoms with E-state index in [9.17, 15) is 13.2 Å². The van der Waals surface area contributed by atoms with Gasteiger partial charge in [0.1, 0.15) is 5.82 Å². The quantitative estimate of drug-likeness (QED) is 0.715. The van der Waals surface area contributed by atoms with Crippen molar-refractivity contribution < 1.29 is 13.2 Å². The lowest BCUT2D eigenvalue weighted by atomic mass is 9.60. The van der Waals surface area contributed by atoms with Crippen LogP contribution < -0.4 is 5.32 Å². The molecule has 1 aromatic rings. The molecule has 0 atom stereocenters. The molecular weight excluding hydrogens is 440 g/mol. The lowest BCUT2D eigenvalue weighted by molar-refractivity contribution is -0.119. The summed E-state index contributed by atoms with van der Waals surface area (Å²) >= 11 is 0. The number of ketones is 1. The average molecular weight is 471 g/mol. The van der Waals surface area contributed by atoms with E-state index in [0.717, 1.165) is 54.2 Å². The van der Waals surface area contributed by atoms with E-state index < -0.39 is 15.4 Å². The molecule has 1 spiro atoms. The predicted molar refractivity (Wildman–Crippen MR) is 121 cm³/mol. The zero-order valence-corrected chi connectivity index (χ0v) is 20.0. The van der Waals surface area contributed by atoms with Crippen molar-refractivity contribution in [2.24, 2.45) is 21.1 Å². The summed E-state index contributed by atoms with van der Waals surface area (Å²) in [4.78, 5) is 17.8. The van der Waals surface area contributed by atoms with Crippen LogP contribution in [0, 0.1) is 10.8 Å². The minimum absolute atomic E-state index is 0.108. The zero-order chi connectivity index (χ0) is 23.0. The van der Waals surface area contributed by atoms with Crippen molar-refractivity contribution in [3.8, 4) is 0 Å². The molecule has 0 aromatic carbocycles. The fraction of sp³-hybridized carbons (Fsp3) is 0.652. The third-order valence-corrected chi connectivity index (χ3v) is 9.90. The normalized spacial score (nSPS) is 26.3. The molecule has 5 heterocycles. The first-order valence-corrected chi connectivity index (χ1v) is 13.3. The maximum atomic E-state index is 13.6. The van der Waals surface area contributed by atoms with Crippen LogP contribution in [0.15, 0.2) is 44.1 Å². The lowest BCUT2D eigenvalue weighted by Crippen LogP contribution is -2.50. The van der Waals surface area contributed by atoms with Crippen LogP contribution in [0.5, 0.6) is 0 Å². The van der Waals surface area contributed by atoms with E-state index in [0.29, 0.717) is 50.5 Å². The molecule has 0 unspecified atom stereocenters. The van der Waals surface area contributed by atoms with Crippen LogP contribution in [0.2, 0.25) is 0 Å². The summed E-state index contributed by atoms with van der Waals surface area (Å²) in [6.07, 6.45) is 6.81. The van der Waals surface area contributed by atoms with E-state index in [1.165, 1.54) is 6.20 Å². The number of hydrogen-bond donors (Lipinski definition) is 1. The van der Waals surface area contributed by atoms with Crippen molar-refractivity contribution in [3.05, 3.63) is 34.7 Å². The number of nitrogens with one attached hydrogen (secondary N) is 1. The van der Waals surface area contributed by atoms with Crippen molar-refractivity contribution in [1.82, 2.24) is 19.2 Å². The van der Waals surface area contributed by atoms with Crippen molar-refractivity contribution in [2.75, 3.05) is 19.6 Å². The van der Waals surface area contributed by atoms with E-state index in [-0.39, 0.29) is 11.2 Å². The van der Waals surface area contributed by atoms with Crippen molar-refractivity contribution in [2.45, 2.75) is 70.4 Å². The number of azo groups is 1. The molecule has 1 N–H and O–H groups in total. The number of sulfonamides is 1. The Morgan fingerprint density at radius 3 is 2.67 bits per heavy atom. The van der Waals surface area contributed by atoms with Crippen LogP contribution in [0.25, 0.3) is 0 Å². The molecule has 1 fully saturated rings. The highest BCUT2D eigenvalue weighted by Gasteiger charge is 2.53. The molecule has 176 valence electrons. The van der Waals surface area contributed by atoms with E-state index in [2.05, 4.69) is 34.4 Å². The Balaban J connectivity index is 1.33. The third kappa shape index (κ3) is 3.10. The van der Waals surface area contributed by atoms with Crippen molar-refractivity contribution in [1.29, 1.82) is 0 Å². The summed E-state index contributed by atoms with van der Waals surface area (Å²) < 4.78 is 30.6. The van der Waals surface area contributed by atoms with Gasteiger partial charge in [-0.25, -0.2) is 13.4 Å². The van der Waals surface area contributed by atoms with Gasteiger partial charge in [0.2, 0.25) is 0 Å². The number of aromatic nitrogens is 2. The first kappa shape index (κ1) is 21.2. The molecule has 0 amide bonds. The highest BCUT2D eigenvalue weighted by Crippen LogP contribution is 2.55. The molecule has 0 saturated carbocycles. The van der Waals surface area contributed by atoms with Crippen LogP contribution in [-0.4, -0.2) is 47.7 Å². The molecule has 9 nitrogen and oxygen atoms in total. The van der Waals surface area contributed by atoms with Gasteiger partial charge in [0.25, 0.3) is 10.0 Å². The first-order chi connectivity index (χ1) is 15.7. The van der Waals surface area contributed by atoms with Gasteiger partial charge in [-0.3, -0.25) is 4.79 Å². The maximum absolute atomic E-state index is 13.6. The van der Waals surface area contributed by atoms with Gasteiger partial charge in [0, 0.05) is 54.7 Å². The van der Waals surface area contributed by atoms with Crippen LogP contribution in [0.4, 0.5) is 0 Å². The molecule has 4 aliphatic heterocycles. The topological polar surface area (TPSA) is 109 Å². The Labute approximate surface area is 194 Å². The average Bonchev–Trinajstić information content (AvgIpc) is 3.40. The number of nitrogens with zero attached hydrogens (tertiary/aromatic N) is 5. The molecule has 1 aliphatic carbocycles. The number of dihydropyridines is 1. The van der Waals surface area contributed by atoms with Gasteiger partial charge in [-0.1, -0.05) is 13.8 Å². The van der Waals surface area contributed by atoms with Crippen LogP contribution >= 0.6 is 0 Å². The highest BCUT2D eigenvalue weighted by atomic mass is 32.2. The summed E-state index contributed by atoms with van der Waals surface area (Å²) in [5, 5.41) is 12.3. The molecule has 33 heavy (non-hydrogen) atoms. The predicted octanol–water partition coefficient (Wildman–Crippen LogP) is 2.91. The molecule has 5 aliphatic rings. The van der Waals surface area contributed by atoms with Gasteiger partial charge in [0.15, 0.2) is 16.6 Å². The summed E-state index contributed by atoms with van der Waals surface area (Å²) in [6.45, 7) is 6.14. The van der Waals surface area contributed by atoms with E-state index >= 15 is 0 Å². The number of fused-ring (bicyclic) bond motifs is 3. The molecule has 6 rings (SSSR count). The number of piperidine rings is 1. The second-order valence-electron chi connectivity index (χ2n) is 10.8. The molecular formula is C23H30N6O3S. The zero-order valence-electron chi connectivity index (χ0n) is 19.2. The first-order valence-electron chi connectivity index (χ1n) is 11.9. The lowest BCUT2D eigenvalue weighted by Gasteiger charge is -2.48. The largest absolute Gasteiger partial charge is 0.342 e. The number of carbonyl (C=O) groups excluding carboxylic acids is 1. The monoisotopic (exact) mass is 470 g/mol. The Morgan fingerprint density at radius 2 is 1.88 bits per heavy atom. The van der Waals surface area contributed by atoms with Crippen LogP contribution in [0.1, 0.15) is 58.2 Å². The number of carbonyl (C=O) groups is 1. The Kier molecular flexibility index (Phi) is 4.56. The van der Waals surface area contributed by atoms with Crippen molar-refractivity contribution in [3.63, 3.8) is 0 Å². The van der Waals surface area contributed by atoms with Gasteiger partial charge < -0.3 is 9.88 Å². The van der Waals surface area contributed by atoms with Crippen molar-refractivity contribution >= 4 is 15.8 Å². The number of rotatable bonds is 2. The van der Waals surface area contributed by atoms with E-state index in [4.69, 9.17) is 0 Å². The fourth-order valence-corrected chi connectivity index (χ4v) is 8.04. The summed E-state index contributed by atoms with van der Waals surface area (Å²) in [5.41, 5.74) is 2.27. The Bertz CT molecular complexity index is 1240. The Morgan fingerprint density at radius 1 is 1.09 bits per heavy atom. The molecule has 1 aromatic heterocycles. The smallest absolute Gasteiger partial charge is 0.260 e. The molecule has 0 bridgehead atoms. The number of aryl methyl sites for hydroxylation is 1. The minimum atomic E-state index is -3.64. The minimum Gasteiger partial charge on any atom is -0.342 e. The molecule has 10 heteroatoms. The number of Topliss-reactive ketones (excluding diaryl/α,β-unsaturated/α-hetero) is 1. The summed E-state index contributed by atoms with van der Waals surface area (Å²) in [6, 6.07) is 0. The van der Waals surface area contributed by atoms with Gasteiger partial charge in [0.05, 0.1) is 12.7 Å². The number of allylic oxidation sites excluding steroid dienone is 2. The highest BCUT2D eigenvalue weighted by molar-refractivity contribution is 7.89. The second-order valence-corrected chi connectivity index (χ2v) is 12.6.